The topological polar surface area (TPSA) is 36.2 Å². The number of fused-ring (bicyclic) bond motifs is 1. The van der Waals surface area contributed by atoms with Crippen LogP contribution < -0.4 is 9.47 Å². The summed E-state index contributed by atoms with van der Waals surface area (Å²) in [7, 11) is 0. The SMILES string of the molecule is C=C(C)c1c[n+]([O-])c2cc(OCc3ccccc3)ccc2c1-c1ccc(F)c(F)c1. The Kier molecular flexibility index (Phi) is 5.19. The highest BCUT2D eigenvalue weighted by atomic mass is 19.2. The minimum Gasteiger partial charge on any atom is -0.618 e. The zero-order valence-corrected chi connectivity index (χ0v) is 16.4. The summed E-state index contributed by atoms with van der Waals surface area (Å²) in [5, 5.41) is 13.3. The molecule has 0 amide bonds. The van der Waals surface area contributed by atoms with Crippen LogP contribution in [0, 0.1) is 16.8 Å². The second kappa shape index (κ2) is 7.95. The molecule has 150 valence electrons. The molecule has 0 saturated carbocycles. The average Bonchev–Trinajstić information content (AvgIpc) is 2.75. The van der Waals surface area contributed by atoms with Crippen LogP contribution in [0.2, 0.25) is 0 Å². The number of hydrogen-bond acceptors (Lipinski definition) is 2. The predicted octanol–water partition coefficient (Wildman–Crippen LogP) is 6.03. The highest BCUT2D eigenvalue weighted by Gasteiger charge is 2.19. The maximum Gasteiger partial charge on any atom is 0.228 e. The Morgan fingerprint density at radius 1 is 1.00 bits per heavy atom. The molecule has 1 aromatic heterocycles. The largest absolute Gasteiger partial charge is 0.618 e. The molecule has 0 spiro atoms. The number of aromatic nitrogens is 1. The van der Waals surface area contributed by atoms with Gasteiger partial charge >= 0.3 is 0 Å². The van der Waals surface area contributed by atoms with Crippen molar-refractivity contribution in [3.8, 4) is 16.9 Å². The van der Waals surface area contributed by atoms with Crippen LogP contribution >= 0.6 is 0 Å². The highest BCUT2D eigenvalue weighted by Crippen LogP contribution is 2.35. The van der Waals surface area contributed by atoms with Gasteiger partial charge in [-0.3, -0.25) is 0 Å². The lowest BCUT2D eigenvalue weighted by Crippen LogP contribution is -2.27. The summed E-state index contributed by atoms with van der Waals surface area (Å²) in [5.41, 5.74) is 3.68. The Bertz CT molecular complexity index is 1250. The molecular weight excluding hydrogens is 384 g/mol. The Morgan fingerprint density at radius 2 is 1.77 bits per heavy atom. The van der Waals surface area contributed by atoms with E-state index in [0.29, 0.717) is 45.5 Å². The van der Waals surface area contributed by atoms with Gasteiger partial charge in [-0.2, -0.15) is 4.73 Å². The number of halogens is 2. The van der Waals surface area contributed by atoms with Gasteiger partial charge in [0.05, 0.1) is 17.0 Å². The van der Waals surface area contributed by atoms with Gasteiger partial charge in [0.25, 0.3) is 0 Å². The first kappa shape index (κ1) is 19.6. The minimum absolute atomic E-state index is 0.366. The highest BCUT2D eigenvalue weighted by molar-refractivity contribution is 5.98. The molecule has 0 unspecified atom stereocenters. The molecule has 0 saturated heterocycles. The van der Waals surface area contributed by atoms with Crippen molar-refractivity contribution in [1.29, 1.82) is 0 Å². The molecule has 3 aromatic carbocycles. The summed E-state index contributed by atoms with van der Waals surface area (Å²) in [6.07, 6.45) is 1.40. The van der Waals surface area contributed by atoms with E-state index in [1.807, 2.05) is 30.3 Å². The average molecular weight is 403 g/mol. The Balaban J connectivity index is 1.83. The van der Waals surface area contributed by atoms with Gasteiger partial charge in [0, 0.05) is 5.56 Å². The molecule has 30 heavy (non-hydrogen) atoms. The van der Waals surface area contributed by atoms with Gasteiger partial charge in [-0.25, -0.2) is 8.78 Å². The summed E-state index contributed by atoms with van der Waals surface area (Å²) in [6.45, 7) is 6.07. The number of nitrogens with zero attached hydrogens (tertiary/aromatic N) is 1. The monoisotopic (exact) mass is 403 g/mol. The van der Waals surface area contributed by atoms with E-state index in [4.69, 9.17) is 4.74 Å². The van der Waals surface area contributed by atoms with Crippen LogP contribution in [0.1, 0.15) is 18.1 Å². The van der Waals surface area contributed by atoms with Crippen molar-refractivity contribution in [1.82, 2.24) is 0 Å². The van der Waals surface area contributed by atoms with Gasteiger partial charge in [0.2, 0.25) is 5.52 Å². The Morgan fingerprint density at radius 3 is 2.47 bits per heavy atom. The van der Waals surface area contributed by atoms with E-state index in [2.05, 4.69) is 6.58 Å². The van der Waals surface area contributed by atoms with Gasteiger partial charge in [-0.05, 0) is 47.9 Å². The number of ether oxygens (including phenoxy) is 1. The van der Waals surface area contributed by atoms with Crippen LogP contribution in [0.25, 0.3) is 27.6 Å². The third-order valence-corrected chi connectivity index (χ3v) is 4.91. The Labute approximate surface area is 173 Å². The zero-order chi connectivity index (χ0) is 21.3. The third-order valence-electron chi connectivity index (χ3n) is 4.91. The summed E-state index contributed by atoms with van der Waals surface area (Å²) in [5.74, 6) is -1.34. The van der Waals surface area contributed by atoms with Crippen LogP contribution in [-0.2, 0) is 6.61 Å². The van der Waals surface area contributed by atoms with Crippen molar-refractivity contribution in [2.24, 2.45) is 0 Å². The smallest absolute Gasteiger partial charge is 0.228 e. The summed E-state index contributed by atoms with van der Waals surface area (Å²) in [4.78, 5) is 0. The van der Waals surface area contributed by atoms with Crippen molar-refractivity contribution >= 4 is 16.5 Å². The fraction of sp³-hybridized carbons (Fsp3) is 0.0800. The summed E-state index contributed by atoms with van der Waals surface area (Å²) >= 11 is 0. The third kappa shape index (κ3) is 3.74. The van der Waals surface area contributed by atoms with Gasteiger partial charge in [-0.15, -0.1) is 0 Å². The quantitative estimate of drug-likeness (QED) is 0.301. The van der Waals surface area contributed by atoms with E-state index in [0.717, 1.165) is 22.4 Å². The molecule has 0 N–H and O–H groups in total. The molecule has 4 aromatic rings. The molecule has 0 fully saturated rings. The van der Waals surface area contributed by atoms with E-state index in [1.54, 1.807) is 25.1 Å². The second-order valence-corrected chi connectivity index (χ2v) is 7.11. The van der Waals surface area contributed by atoms with Crippen LogP contribution in [0.15, 0.2) is 79.5 Å². The number of hydrogen-bond donors (Lipinski definition) is 0. The second-order valence-electron chi connectivity index (χ2n) is 7.11. The van der Waals surface area contributed by atoms with Crippen LogP contribution in [-0.4, -0.2) is 0 Å². The molecular formula is C25H19F2NO2. The van der Waals surface area contributed by atoms with E-state index in [9.17, 15) is 14.0 Å². The maximum atomic E-state index is 13.9. The lowest BCUT2D eigenvalue weighted by molar-refractivity contribution is -0.577. The molecule has 0 bridgehead atoms. The predicted molar refractivity (Wildman–Crippen MR) is 114 cm³/mol. The zero-order valence-electron chi connectivity index (χ0n) is 16.4. The van der Waals surface area contributed by atoms with Crippen LogP contribution in [0.5, 0.6) is 5.75 Å². The summed E-state index contributed by atoms with van der Waals surface area (Å²) in [6, 6.07) is 18.6. The number of allylic oxidation sites excluding steroid dienone is 1. The van der Waals surface area contributed by atoms with Gasteiger partial charge < -0.3 is 9.94 Å². The fourth-order valence-corrected chi connectivity index (χ4v) is 3.42. The van der Waals surface area contributed by atoms with Crippen molar-refractivity contribution in [3.63, 3.8) is 0 Å². The van der Waals surface area contributed by atoms with Crippen molar-refractivity contribution < 1.29 is 18.2 Å². The van der Waals surface area contributed by atoms with E-state index >= 15 is 0 Å². The molecule has 0 atom stereocenters. The standard InChI is InChI=1S/C25H19F2NO2/c1-16(2)21-14-28(29)24-13-19(30-15-17-6-4-3-5-7-17)9-10-20(24)25(21)18-8-11-22(26)23(27)12-18/h3-14H,1,15H2,2H3. The molecule has 0 aliphatic rings. The fourth-order valence-electron chi connectivity index (χ4n) is 3.42. The van der Waals surface area contributed by atoms with Gasteiger partial charge in [0.1, 0.15) is 12.4 Å². The lowest BCUT2D eigenvalue weighted by Gasteiger charge is -2.15. The number of rotatable bonds is 5. The van der Waals surface area contributed by atoms with Crippen LogP contribution in [0.3, 0.4) is 0 Å². The molecule has 0 aliphatic heterocycles. The summed E-state index contributed by atoms with van der Waals surface area (Å²) < 4.78 is 34.0. The first-order valence-electron chi connectivity index (χ1n) is 9.42. The molecule has 1 heterocycles. The minimum atomic E-state index is -0.949. The van der Waals surface area contributed by atoms with Gasteiger partial charge in [-0.1, -0.05) is 43.0 Å². The van der Waals surface area contributed by atoms with Gasteiger partial charge in [0.15, 0.2) is 17.8 Å². The molecule has 5 heteroatoms. The normalized spacial score (nSPS) is 10.9. The molecule has 4 rings (SSSR count). The van der Waals surface area contributed by atoms with Crippen molar-refractivity contribution in [2.45, 2.75) is 13.5 Å². The molecule has 3 nitrogen and oxygen atoms in total. The lowest BCUT2D eigenvalue weighted by atomic mass is 9.93. The van der Waals surface area contributed by atoms with Crippen LogP contribution in [0.4, 0.5) is 8.78 Å². The van der Waals surface area contributed by atoms with E-state index < -0.39 is 11.6 Å². The first-order chi connectivity index (χ1) is 14.4. The molecule has 0 aliphatic carbocycles. The number of pyridine rings is 1. The van der Waals surface area contributed by atoms with Crippen molar-refractivity contribution in [3.05, 3.63) is 107 Å². The number of benzene rings is 3. The maximum absolute atomic E-state index is 13.9. The van der Waals surface area contributed by atoms with Crippen molar-refractivity contribution in [2.75, 3.05) is 0 Å². The Hall–Kier alpha value is -3.73. The molecule has 0 radical (unpaired) electrons. The first-order valence-corrected chi connectivity index (χ1v) is 9.42. The van der Waals surface area contributed by atoms with E-state index in [1.165, 1.54) is 12.3 Å². The van der Waals surface area contributed by atoms with E-state index in [-0.39, 0.29) is 0 Å².